The van der Waals surface area contributed by atoms with Crippen molar-refractivity contribution in [2.24, 2.45) is 0 Å². The Kier molecular flexibility index (Phi) is 6.72. The van der Waals surface area contributed by atoms with Crippen LogP contribution in [0.3, 0.4) is 0 Å². The second-order valence-corrected chi connectivity index (χ2v) is 7.28. The summed E-state index contributed by atoms with van der Waals surface area (Å²) in [5.41, 5.74) is 2.46. The standard InChI is InChI=1S/C23H27N3O4/c1-4-17-9-5-6-10-18(17)24-21(27)15-25(3)22(28)13-14-26-19-11-7-8-12-20(19)30-16(2)23(26)29/h5-12,16H,4,13-15H2,1-3H3,(H,24,27)/t16-/m1/s1. The second-order valence-electron chi connectivity index (χ2n) is 7.28. The highest BCUT2D eigenvalue weighted by molar-refractivity contribution is 6.00. The zero-order chi connectivity index (χ0) is 21.7. The maximum atomic E-state index is 12.6. The molecule has 30 heavy (non-hydrogen) atoms. The van der Waals surface area contributed by atoms with E-state index in [0.717, 1.165) is 17.7 Å². The van der Waals surface area contributed by atoms with E-state index in [1.165, 1.54) is 4.90 Å². The van der Waals surface area contributed by atoms with E-state index in [-0.39, 0.29) is 37.2 Å². The maximum absolute atomic E-state index is 12.6. The van der Waals surface area contributed by atoms with E-state index < -0.39 is 6.10 Å². The van der Waals surface area contributed by atoms with Gasteiger partial charge in [0.15, 0.2) is 6.10 Å². The molecule has 0 saturated carbocycles. The average molecular weight is 409 g/mol. The summed E-state index contributed by atoms with van der Waals surface area (Å²) in [5.74, 6) is -0.0241. The third kappa shape index (κ3) is 4.79. The van der Waals surface area contributed by atoms with E-state index in [9.17, 15) is 14.4 Å². The van der Waals surface area contributed by atoms with Crippen LogP contribution in [-0.2, 0) is 20.8 Å². The lowest BCUT2D eigenvalue weighted by Crippen LogP contribution is -2.46. The number of amides is 3. The van der Waals surface area contributed by atoms with E-state index in [0.29, 0.717) is 11.4 Å². The number of anilines is 2. The van der Waals surface area contributed by atoms with Crippen LogP contribution < -0.4 is 15.0 Å². The van der Waals surface area contributed by atoms with Crippen LogP contribution in [0.25, 0.3) is 0 Å². The number of rotatable bonds is 7. The smallest absolute Gasteiger partial charge is 0.267 e. The third-order valence-corrected chi connectivity index (χ3v) is 5.10. The van der Waals surface area contributed by atoms with Crippen molar-refractivity contribution in [3.8, 4) is 5.75 Å². The predicted octanol–water partition coefficient (Wildman–Crippen LogP) is 2.85. The number of nitrogens with zero attached hydrogens (tertiary/aromatic N) is 2. The summed E-state index contributed by atoms with van der Waals surface area (Å²) in [6.45, 7) is 3.89. The van der Waals surface area contributed by atoms with Gasteiger partial charge >= 0.3 is 0 Å². The summed E-state index contributed by atoms with van der Waals surface area (Å²) in [6, 6.07) is 14.9. The Morgan fingerprint density at radius 2 is 1.83 bits per heavy atom. The number of carbonyl (C=O) groups is 3. The number of para-hydroxylation sites is 3. The van der Waals surface area contributed by atoms with Gasteiger partial charge in [0, 0.05) is 25.7 Å². The SMILES string of the molecule is CCc1ccccc1NC(=O)CN(C)C(=O)CCN1C(=O)[C@@H](C)Oc2ccccc21. The molecule has 2 aromatic rings. The number of fused-ring (bicyclic) bond motifs is 1. The van der Waals surface area contributed by atoms with Crippen molar-refractivity contribution in [1.29, 1.82) is 0 Å². The van der Waals surface area contributed by atoms with Crippen LogP contribution >= 0.6 is 0 Å². The Bertz CT molecular complexity index is 944. The molecule has 3 rings (SSSR count). The van der Waals surface area contributed by atoms with E-state index >= 15 is 0 Å². The van der Waals surface area contributed by atoms with Gasteiger partial charge in [-0.05, 0) is 37.1 Å². The molecule has 1 aliphatic heterocycles. The highest BCUT2D eigenvalue weighted by Gasteiger charge is 2.31. The average Bonchev–Trinajstić information content (AvgIpc) is 2.74. The van der Waals surface area contributed by atoms with Crippen molar-refractivity contribution >= 4 is 29.1 Å². The molecule has 1 aliphatic rings. The molecule has 1 N–H and O–H groups in total. The molecule has 0 saturated heterocycles. The van der Waals surface area contributed by atoms with Crippen LogP contribution in [0.1, 0.15) is 25.8 Å². The summed E-state index contributed by atoms with van der Waals surface area (Å²) in [4.78, 5) is 40.4. The Hall–Kier alpha value is -3.35. The van der Waals surface area contributed by atoms with Crippen molar-refractivity contribution in [1.82, 2.24) is 4.90 Å². The first-order valence-corrected chi connectivity index (χ1v) is 10.1. The topological polar surface area (TPSA) is 79.0 Å². The lowest BCUT2D eigenvalue weighted by molar-refractivity contribution is -0.133. The zero-order valence-corrected chi connectivity index (χ0v) is 17.6. The maximum Gasteiger partial charge on any atom is 0.267 e. The summed E-state index contributed by atoms with van der Waals surface area (Å²) < 4.78 is 5.62. The van der Waals surface area contributed by atoms with Crippen LogP contribution in [0.4, 0.5) is 11.4 Å². The lowest BCUT2D eigenvalue weighted by atomic mass is 10.1. The molecule has 158 valence electrons. The predicted molar refractivity (Wildman–Crippen MR) is 116 cm³/mol. The number of nitrogens with one attached hydrogen (secondary N) is 1. The van der Waals surface area contributed by atoms with Gasteiger partial charge in [0.25, 0.3) is 5.91 Å². The van der Waals surface area contributed by atoms with Gasteiger partial charge in [0.1, 0.15) is 5.75 Å². The lowest BCUT2D eigenvalue weighted by Gasteiger charge is -2.33. The van der Waals surface area contributed by atoms with Gasteiger partial charge < -0.3 is 19.9 Å². The molecule has 0 aliphatic carbocycles. The highest BCUT2D eigenvalue weighted by Crippen LogP contribution is 2.33. The quantitative estimate of drug-likeness (QED) is 0.763. The van der Waals surface area contributed by atoms with Crippen LogP contribution in [0.2, 0.25) is 0 Å². The van der Waals surface area contributed by atoms with Crippen molar-refractivity contribution in [3.05, 3.63) is 54.1 Å². The molecule has 0 bridgehead atoms. The Labute approximate surface area is 176 Å². The molecule has 0 radical (unpaired) electrons. The van der Waals surface area contributed by atoms with Gasteiger partial charge in [0.05, 0.1) is 12.2 Å². The van der Waals surface area contributed by atoms with E-state index in [2.05, 4.69) is 5.32 Å². The first-order chi connectivity index (χ1) is 14.4. The Balaban J connectivity index is 1.57. The fraction of sp³-hybridized carbons (Fsp3) is 0.348. The van der Waals surface area contributed by atoms with Gasteiger partial charge in [-0.2, -0.15) is 0 Å². The first-order valence-electron chi connectivity index (χ1n) is 10.1. The second kappa shape index (κ2) is 9.43. The fourth-order valence-corrected chi connectivity index (χ4v) is 3.43. The molecule has 7 nitrogen and oxygen atoms in total. The number of likely N-dealkylation sites (N-methyl/N-ethyl adjacent to an activating group) is 1. The van der Waals surface area contributed by atoms with Crippen LogP contribution in [0, 0.1) is 0 Å². The van der Waals surface area contributed by atoms with Crippen LogP contribution in [0.15, 0.2) is 48.5 Å². The largest absolute Gasteiger partial charge is 0.479 e. The van der Waals surface area contributed by atoms with Crippen molar-refractivity contribution in [2.45, 2.75) is 32.8 Å². The van der Waals surface area contributed by atoms with Crippen LogP contribution in [-0.4, -0.2) is 48.9 Å². The summed E-state index contributed by atoms with van der Waals surface area (Å²) in [7, 11) is 1.59. The van der Waals surface area contributed by atoms with Gasteiger partial charge in [0.2, 0.25) is 11.8 Å². The number of ether oxygens (including phenoxy) is 1. The van der Waals surface area contributed by atoms with Gasteiger partial charge in [-0.3, -0.25) is 14.4 Å². The summed E-state index contributed by atoms with van der Waals surface area (Å²) in [6.07, 6.45) is 0.318. The Morgan fingerprint density at radius 3 is 2.60 bits per heavy atom. The number of hydrogen-bond donors (Lipinski definition) is 1. The molecule has 0 unspecified atom stereocenters. The van der Waals surface area contributed by atoms with Crippen LogP contribution in [0.5, 0.6) is 5.75 Å². The third-order valence-electron chi connectivity index (χ3n) is 5.10. The Morgan fingerprint density at radius 1 is 1.13 bits per heavy atom. The van der Waals surface area contributed by atoms with Crippen molar-refractivity contribution < 1.29 is 19.1 Å². The summed E-state index contributed by atoms with van der Waals surface area (Å²) in [5, 5.41) is 2.86. The normalized spacial score (nSPS) is 15.2. The van der Waals surface area contributed by atoms with E-state index in [1.807, 2.05) is 43.3 Å². The number of aryl methyl sites for hydroxylation is 1. The number of benzene rings is 2. The molecule has 1 atom stereocenters. The zero-order valence-electron chi connectivity index (χ0n) is 17.6. The first kappa shape index (κ1) is 21.4. The minimum absolute atomic E-state index is 0.0546. The molecule has 0 fully saturated rings. The monoisotopic (exact) mass is 409 g/mol. The van der Waals surface area contributed by atoms with E-state index in [4.69, 9.17) is 4.74 Å². The molecule has 3 amide bonds. The van der Waals surface area contributed by atoms with E-state index in [1.54, 1.807) is 31.0 Å². The van der Waals surface area contributed by atoms with Crippen molar-refractivity contribution in [2.75, 3.05) is 30.4 Å². The van der Waals surface area contributed by atoms with Gasteiger partial charge in [-0.15, -0.1) is 0 Å². The fourth-order valence-electron chi connectivity index (χ4n) is 3.43. The summed E-state index contributed by atoms with van der Waals surface area (Å²) >= 11 is 0. The number of hydrogen-bond acceptors (Lipinski definition) is 4. The molecule has 2 aromatic carbocycles. The molecular formula is C23H27N3O4. The minimum Gasteiger partial charge on any atom is -0.479 e. The van der Waals surface area contributed by atoms with Crippen molar-refractivity contribution in [3.63, 3.8) is 0 Å². The molecule has 7 heteroatoms. The molecular weight excluding hydrogens is 382 g/mol. The van der Waals surface area contributed by atoms with Gasteiger partial charge in [-0.1, -0.05) is 37.3 Å². The molecule has 1 heterocycles. The number of carbonyl (C=O) groups excluding carboxylic acids is 3. The molecule has 0 aromatic heterocycles. The highest BCUT2D eigenvalue weighted by atomic mass is 16.5. The molecule has 0 spiro atoms. The van der Waals surface area contributed by atoms with Gasteiger partial charge in [-0.25, -0.2) is 0 Å². The minimum atomic E-state index is -0.600.